The fourth-order valence-electron chi connectivity index (χ4n) is 6.05. The van der Waals surface area contributed by atoms with E-state index in [1.807, 2.05) is 6.92 Å². The number of nitrogens with zero attached hydrogens (tertiary/aromatic N) is 4. The SMILES string of the molecule is Cc1cc(Cl)nc(-c2ccnc3cc(CN4C(=O)C5C(C)(C)C5(OC(=O)C(F)(F)F)C4=O)sc23)c1N1CCCNC1=O. The van der Waals surface area contributed by atoms with Gasteiger partial charge in [0, 0.05) is 35.1 Å². The van der Waals surface area contributed by atoms with Crippen molar-refractivity contribution in [3.05, 3.63) is 40.0 Å². The standard InChI is InChI=1S/C27H23ClF3N5O5S/c1-12-9-16(28)34-17(18(12)35-8-4-6-33-24(35)40)14-5-7-32-15-10-13(42-19(14)15)11-36-21(37)20-25(2,3)26(20,22(36)38)41-23(39)27(29,30)31/h5,7,9-10,20H,4,6,8,11H2,1-3H3,(H,33,40). The molecular formula is C27H23ClF3N5O5S. The topological polar surface area (TPSA) is 122 Å². The number of hydrogen-bond donors (Lipinski definition) is 1. The molecule has 2 unspecified atom stereocenters. The van der Waals surface area contributed by atoms with Gasteiger partial charge in [-0.25, -0.2) is 14.6 Å². The predicted octanol–water partition coefficient (Wildman–Crippen LogP) is 4.61. The van der Waals surface area contributed by atoms with Crippen LogP contribution in [0, 0.1) is 18.3 Å². The minimum Gasteiger partial charge on any atom is -0.441 e. The molecule has 1 saturated carbocycles. The zero-order valence-corrected chi connectivity index (χ0v) is 24.0. The number of carbonyl (C=O) groups excluding carboxylic acids is 4. The molecule has 2 atom stereocenters. The Morgan fingerprint density at radius 3 is 2.69 bits per heavy atom. The summed E-state index contributed by atoms with van der Waals surface area (Å²) in [6, 6.07) is 4.79. The Labute approximate surface area is 245 Å². The van der Waals surface area contributed by atoms with Crippen LogP contribution in [0.1, 0.15) is 30.7 Å². The predicted molar refractivity (Wildman–Crippen MR) is 146 cm³/mol. The fourth-order valence-corrected chi connectivity index (χ4v) is 7.42. The Balaban J connectivity index is 1.36. The van der Waals surface area contributed by atoms with E-state index in [0.717, 1.165) is 16.9 Å². The van der Waals surface area contributed by atoms with Crippen LogP contribution in [0.4, 0.5) is 23.7 Å². The lowest BCUT2D eigenvalue weighted by molar-refractivity contribution is -0.209. The van der Waals surface area contributed by atoms with Gasteiger partial charge < -0.3 is 10.1 Å². The van der Waals surface area contributed by atoms with Gasteiger partial charge in [-0.3, -0.25) is 24.4 Å². The summed E-state index contributed by atoms with van der Waals surface area (Å²) in [5.41, 5.74) is -0.578. The van der Waals surface area contributed by atoms with Gasteiger partial charge in [-0.15, -0.1) is 11.3 Å². The van der Waals surface area contributed by atoms with Crippen molar-refractivity contribution in [2.45, 2.75) is 45.5 Å². The first-order chi connectivity index (χ1) is 19.7. The number of anilines is 1. The largest absolute Gasteiger partial charge is 0.490 e. The highest BCUT2D eigenvalue weighted by Gasteiger charge is 2.88. The van der Waals surface area contributed by atoms with Crippen LogP contribution >= 0.6 is 22.9 Å². The minimum absolute atomic E-state index is 0.221. The van der Waals surface area contributed by atoms with Crippen LogP contribution in [0.3, 0.4) is 0 Å². The number of esters is 1. The highest BCUT2D eigenvalue weighted by Crippen LogP contribution is 2.69. The third-order valence-electron chi connectivity index (χ3n) is 8.10. The van der Waals surface area contributed by atoms with Crippen molar-refractivity contribution in [1.29, 1.82) is 0 Å². The highest BCUT2D eigenvalue weighted by molar-refractivity contribution is 7.19. The second kappa shape index (κ2) is 9.36. The Morgan fingerprint density at radius 1 is 1.26 bits per heavy atom. The third kappa shape index (κ3) is 4.06. The van der Waals surface area contributed by atoms with E-state index in [-0.39, 0.29) is 17.7 Å². The smallest absolute Gasteiger partial charge is 0.441 e. The second-order valence-corrected chi connectivity index (χ2v) is 12.5. The van der Waals surface area contributed by atoms with Crippen molar-refractivity contribution in [2.24, 2.45) is 11.3 Å². The van der Waals surface area contributed by atoms with Crippen molar-refractivity contribution < 1.29 is 37.1 Å². The van der Waals surface area contributed by atoms with E-state index in [1.165, 1.54) is 25.2 Å². The molecule has 2 aliphatic heterocycles. The normalized spacial score (nSPS) is 23.3. The zero-order valence-electron chi connectivity index (χ0n) is 22.5. The van der Waals surface area contributed by atoms with Crippen LogP contribution in [0.25, 0.3) is 21.5 Å². The average molecular weight is 622 g/mol. The average Bonchev–Trinajstić information content (AvgIpc) is 3.13. The number of amides is 4. The number of carbonyl (C=O) groups is 4. The van der Waals surface area contributed by atoms with E-state index in [9.17, 15) is 32.3 Å². The molecule has 42 heavy (non-hydrogen) atoms. The maximum absolute atomic E-state index is 13.4. The highest BCUT2D eigenvalue weighted by atomic mass is 35.5. The molecule has 3 aliphatic rings. The molecule has 6 rings (SSSR count). The summed E-state index contributed by atoms with van der Waals surface area (Å²) in [7, 11) is 0. The fraction of sp³-hybridized carbons (Fsp3) is 0.407. The van der Waals surface area contributed by atoms with Crippen LogP contribution in [0.15, 0.2) is 24.4 Å². The Morgan fingerprint density at radius 2 is 2.00 bits per heavy atom. The number of thiophene rings is 1. The van der Waals surface area contributed by atoms with E-state index in [2.05, 4.69) is 15.3 Å². The molecule has 0 bridgehead atoms. The monoisotopic (exact) mass is 621 g/mol. The molecule has 15 heteroatoms. The molecule has 220 valence electrons. The number of aromatic nitrogens is 2. The summed E-state index contributed by atoms with van der Waals surface area (Å²) >= 11 is 7.55. The van der Waals surface area contributed by atoms with E-state index < -0.39 is 40.9 Å². The number of pyridine rings is 2. The molecule has 1 N–H and O–H groups in total. The number of ether oxygens (including phenoxy) is 1. The molecule has 2 saturated heterocycles. The maximum Gasteiger partial charge on any atom is 0.490 e. The van der Waals surface area contributed by atoms with Crippen LogP contribution in [-0.2, 0) is 25.7 Å². The first kappa shape index (κ1) is 28.3. The van der Waals surface area contributed by atoms with Gasteiger partial charge in [0.25, 0.3) is 5.91 Å². The molecule has 4 amide bonds. The lowest BCUT2D eigenvalue weighted by Gasteiger charge is -2.30. The number of rotatable bonds is 5. The van der Waals surface area contributed by atoms with Crippen LogP contribution in [0.2, 0.25) is 5.15 Å². The van der Waals surface area contributed by atoms with Crippen molar-refractivity contribution in [3.63, 3.8) is 0 Å². The van der Waals surface area contributed by atoms with Crippen molar-refractivity contribution in [2.75, 3.05) is 18.0 Å². The number of imide groups is 1. The Hall–Kier alpha value is -3.78. The third-order valence-corrected chi connectivity index (χ3v) is 9.43. The first-order valence-electron chi connectivity index (χ1n) is 12.9. The number of nitrogens with one attached hydrogen (secondary N) is 1. The summed E-state index contributed by atoms with van der Waals surface area (Å²) in [5.74, 6) is -5.43. The van der Waals surface area contributed by atoms with Crippen LogP contribution < -0.4 is 10.2 Å². The van der Waals surface area contributed by atoms with Gasteiger partial charge in [0.1, 0.15) is 5.15 Å². The number of halogens is 4. The maximum atomic E-state index is 13.4. The molecule has 0 radical (unpaired) electrons. The summed E-state index contributed by atoms with van der Waals surface area (Å²) in [5, 5.41) is 3.05. The Kier molecular flexibility index (Phi) is 6.32. The van der Waals surface area contributed by atoms with Gasteiger partial charge in [-0.05, 0) is 37.1 Å². The van der Waals surface area contributed by atoms with Gasteiger partial charge in [-0.1, -0.05) is 25.4 Å². The minimum atomic E-state index is -5.32. The number of urea groups is 1. The molecular weight excluding hydrogens is 599 g/mol. The summed E-state index contributed by atoms with van der Waals surface area (Å²) in [4.78, 5) is 62.9. The van der Waals surface area contributed by atoms with Crippen molar-refractivity contribution in [3.8, 4) is 11.3 Å². The number of likely N-dealkylation sites (tertiary alicyclic amines) is 1. The van der Waals surface area contributed by atoms with Gasteiger partial charge >= 0.3 is 18.2 Å². The summed E-state index contributed by atoms with van der Waals surface area (Å²) in [6.07, 6.45) is -3.03. The van der Waals surface area contributed by atoms with E-state index in [1.54, 1.807) is 29.3 Å². The number of hydrogen-bond acceptors (Lipinski definition) is 8. The zero-order chi connectivity index (χ0) is 30.4. The molecule has 3 aromatic heterocycles. The van der Waals surface area contributed by atoms with Crippen molar-refractivity contribution >= 4 is 62.7 Å². The molecule has 0 aromatic carbocycles. The van der Waals surface area contributed by atoms with Crippen molar-refractivity contribution in [1.82, 2.24) is 20.2 Å². The Bertz CT molecular complexity index is 1710. The lowest BCUT2D eigenvalue weighted by Crippen LogP contribution is -2.47. The molecule has 3 fully saturated rings. The molecule has 0 spiro atoms. The molecule has 1 aliphatic carbocycles. The number of piperidine rings is 1. The van der Waals surface area contributed by atoms with E-state index in [0.29, 0.717) is 45.1 Å². The van der Waals surface area contributed by atoms with E-state index >= 15 is 0 Å². The van der Waals surface area contributed by atoms with Crippen LogP contribution in [0.5, 0.6) is 0 Å². The quantitative estimate of drug-likeness (QED) is 0.251. The summed E-state index contributed by atoms with van der Waals surface area (Å²) < 4.78 is 44.3. The van der Waals surface area contributed by atoms with E-state index in [4.69, 9.17) is 16.3 Å². The second-order valence-electron chi connectivity index (χ2n) is 11.0. The lowest BCUT2D eigenvalue weighted by atomic mass is 10.0. The van der Waals surface area contributed by atoms with Gasteiger partial charge in [-0.2, -0.15) is 13.2 Å². The molecule has 5 heterocycles. The number of aryl methyl sites for hydroxylation is 1. The number of fused-ring (bicyclic) bond motifs is 2. The number of alkyl halides is 3. The molecule has 10 nitrogen and oxygen atoms in total. The van der Waals surface area contributed by atoms with Crippen LogP contribution in [-0.4, -0.2) is 63.5 Å². The van der Waals surface area contributed by atoms with Gasteiger partial charge in [0.05, 0.1) is 34.1 Å². The molecule has 3 aromatic rings. The summed E-state index contributed by atoms with van der Waals surface area (Å²) in [6.45, 7) is 5.45. The first-order valence-corrected chi connectivity index (χ1v) is 14.1. The van der Waals surface area contributed by atoms with Gasteiger partial charge in [0.2, 0.25) is 11.5 Å². The van der Waals surface area contributed by atoms with Gasteiger partial charge in [0.15, 0.2) is 0 Å².